The Morgan fingerprint density at radius 1 is 0.907 bits per heavy atom. The molecular weight excluding hydrogens is 701 g/mol. The van der Waals surface area contributed by atoms with Gasteiger partial charge >= 0.3 is 0 Å². The second-order valence-electron chi connectivity index (χ2n) is 13.7. The zero-order valence-corrected chi connectivity index (χ0v) is 32.9. The number of rotatable bonds is 17. The molecule has 0 aliphatic carbocycles. The van der Waals surface area contributed by atoms with Gasteiger partial charge in [0.25, 0.3) is 0 Å². The zero-order valence-electron chi connectivity index (χ0n) is 32.0. The molecule has 3 aromatic carbocycles. The molecule has 284 valence electrons. The van der Waals surface area contributed by atoms with Crippen LogP contribution < -0.4 is 14.8 Å². The van der Waals surface area contributed by atoms with Crippen molar-refractivity contribution in [2.75, 3.05) is 39.4 Å². The van der Waals surface area contributed by atoms with Crippen molar-refractivity contribution in [3.05, 3.63) is 108 Å². The van der Waals surface area contributed by atoms with Crippen LogP contribution in [0.3, 0.4) is 0 Å². The van der Waals surface area contributed by atoms with Crippen LogP contribution in [0.5, 0.6) is 11.5 Å². The first-order valence-corrected chi connectivity index (χ1v) is 19.7. The van der Waals surface area contributed by atoms with Crippen molar-refractivity contribution in [3.8, 4) is 17.6 Å². The van der Waals surface area contributed by atoms with Crippen LogP contribution in [0.25, 0.3) is 11.2 Å². The third-order valence-electron chi connectivity index (χ3n) is 9.71. The number of benzene rings is 3. The lowest BCUT2D eigenvalue weighted by Gasteiger charge is -2.40. The smallest absolute Gasteiger partial charge is 0.167 e. The largest absolute Gasteiger partial charge is 0.497 e. The van der Waals surface area contributed by atoms with Gasteiger partial charge in [-0.05, 0) is 68.7 Å². The van der Waals surface area contributed by atoms with Gasteiger partial charge < -0.3 is 28.8 Å². The van der Waals surface area contributed by atoms with Crippen molar-refractivity contribution in [2.45, 2.75) is 76.7 Å². The third-order valence-corrected chi connectivity index (χ3v) is 12.3. The van der Waals surface area contributed by atoms with Crippen molar-refractivity contribution < 1.29 is 23.5 Å². The van der Waals surface area contributed by atoms with Crippen LogP contribution in [-0.2, 0) is 19.6 Å². The summed E-state index contributed by atoms with van der Waals surface area (Å²) in [6.45, 7) is 8.88. The van der Waals surface area contributed by atoms with Crippen LogP contribution in [0, 0.1) is 11.3 Å². The summed E-state index contributed by atoms with van der Waals surface area (Å²) in [4.78, 5) is 13.6. The lowest BCUT2D eigenvalue weighted by Crippen LogP contribution is -2.39. The van der Waals surface area contributed by atoms with Crippen LogP contribution >= 0.6 is 8.30 Å². The van der Waals surface area contributed by atoms with Gasteiger partial charge in [-0.2, -0.15) is 5.26 Å². The van der Waals surface area contributed by atoms with Crippen molar-refractivity contribution in [2.24, 2.45) is 0 Å². The molecule has 3 heterocycles. The number of anilines is 1. The van der Waals surface area contributed by atoms with E-state index in [0.29, 0.717) is 36.0 Å². The van der Waals surface area contributed by atoms with E-state index in [1.807, 2.05) is 78.3 Å². The maximum atomic E-state index is 9.66. The molecule has 0 amide bonds. The summed E-state index contributed by atoms with van der Waals surface area (Å²) in [5.74, 6) is 2.13. The van der Waals surface area contributed by atoms with Gasteiger partial charge in [0.05, 0.1) is 39.3 Å². The summed E-state index contributed by atoms with van der Waals surface area (Å²) in [6.07, 6.45) is 3.50. The van der Waals surface area contributed by atoms with Crippen molar-refractivity contribution in [3.63, 3.8) is 0 Å². The van der Waals surface area contributed by atoms with Gasteiger partial charge in [0.1, 0.15) is 49.6 Å². The van der Waals surface area contributed by atoms with Gasteiger partial charge in [0.15, 0.2) is 11.5 Å². The molecule has 1 N–H and O–H groups in total. The summed E-state index contributed by atoms with van der Waals surface area (Å²) >= 11 is 0. The van der Waals surface area contributed by atoms with E-state index in [0.717, 1.165) is 28.2 Å². The number of fused-ring (bicyclic) bond motifs is 1. The highest BCUT2D eigenvalue weighted by atomic mass is 31.2. The maximum Gasteiger partial charge on any atom is 0.167 e. The maximum absolute atomic E-state index is 9.66. The predicted octanol–water partition coefficient (Wildman–Crippen LogP) is 7.91. The summed E-state index contributed by atoms with van der Waals surface area (Å²) in [7, 11) is 3.97. The van der Waals surface area contributed by atoms with Gasteiger partial charge in [0, 0.05) is 38.1 Å². The molecule has 6 rings (SSSR count). The number of nitrogens with zero attached hydrogens (tertiary/aromatic N) is 6. The molecule has 2 aromatic heterocycles. The Morgan fingerprint density at radius 2 is 1.52 bits per heavy atom. The highest BCUT2D eigenvalue weighted by Gasteiger charge is 2.44. The molecule has 1 fully saturated rings. The number of nitrogens with one attached hydrogen (secondary N) is 1. The number of hydrogen-bond acceptors (Lipinski definition) is 11. The molecule has 0 spiro atoms. The number of imidazole rings is 1. The number of hydrogen-bond donors (Lipinski definition) is 1. The minimum absolute atomic E-state index is 0.183. The van der Waals surface area contributed by atoms with E-state index in [1.165, 1.54) is 6.33 Å². The Balaban J connectivity index is 1.43. The Bertz CT molecular complexity index is 1930. The molecule has 0 saturated carbocycles. The Morgan fingerprint density at radius 3 is 2.07 bits per heavy atom. The molecule has 54 heavy (non-hydrogen) atoms. The van der Waals surface area contributed by atoms with Crippen LogP contribution in [0.2, 0.25) is 0 Å². The summed E-state index contributed by atoms with van der Waals surface area (Å²) in [5, 5.41) is 12.8. The second-order valence-corrected chi connectivity index (χ2v) is 15.5. The van der Waals surface area contributed by atoms with Gasteiger partial charge in [-0.1, -0.05) is 54.6 Å². The number of nitriles is 1. The molecule has 1 aliphatic rings. The lowest BCUT2D eigenvalue weighted by molar-refractivity contribution is -0.0900. The normalized spacial score (nSPS) is 18.0. The van der Waals surface area contributed by atoms with Crippen molar-refractivity contribution >= 4 is 25.3 Å². The highest BCUT2D eigenvalue weighted by Crippen LogP contribution is 2.50. The number of methoxy groups -OCH3 is 2. The van der Waals surface area contributed by atoms with E-state index in [4.69, 9.17) is 23.5 Å². The van der Waals surface area contributed by atoms with E-state index in [9.17, 15) is 5.26 Å². The summed E-state index contributed by atoms with van der Waals surface area (Å²) in [5.41, 5.74) is 3.07. The number of aromatic nitrogens is 4. The van der Waals surface area contributed by atoms with Gasteiger partial charge in [-0.15, -0.1) is 0 Å². The average molecular weight is 752 g/mol. The molecule has 0 bridgehead atoms. The predicted molar refractivity (Wildman–Crippen MR) is 211 cm³/mol. The van der Waals surface area contributed by atoms with E-state index >= 15 is 0 Å². The summed E-state index contributed by atoms with van der Waals surface area (Å²) in [6, 6.07) is 29.0. The SMILES string of the molecule is CNc1ncnc2c1ncn2C1CC(OP(CCC#N)N(C(C)C)C(C)C)C(COC(c2ccccc2)(c2ccc(OC)cc2)c2ccc(OC)cc2)O1. The first-order valence-electron chi connectivity index (χ1n) is 18.3. The third kappa shape index (κ3) is 8.07. The molecule has 4 unspecified atom stereocenters. The molecule has 12 nitrogen and oxygen atoms in total. The van der Waals surface area contributed by atoms with Crippen LogP contribution in [0.1, 0.15) is 63.5 Å². The van der Waals surface area contributed by atoms with Gasteiger partial charge in [0.2, 0.25) is 0 Å². The molecule has 5 aromatic rings. The van der Waals surface area contributed by atoms with Crippen molar-refractivity contribution in [1.29, 1.82) is 5.26 Å². The lowest BCUT2D eigenvalue weighted by atomic mass is 9.80. The average Bonchev–Trinajstić information content (AvgIpc) is 3.81. The van der Waals surface area contributed by atoms with Crippen LogP contribution in [-0.4, -0.2) is 82.5 Å². The zero-order chi connectivity index (χ0) is 38.2. The van der Waals surface area contributed by atoms with E-state index in [1.54, 1.807) is 20.5 Å². The van der Waals surface area contributed by atoms with Crippen LogP contribution in [0.4, 0.5) is 5.82 Å². The molecule has 4 atom stereocenters. The topological polar surface area (TPSA) is 129 Å². The minimum atomic E-state index is -1.16. The Kier molecular flexibility index (Phi) is 12.8. The standard InChI is InChI=1S/C41H50N7O5P/c1-28(2)48(29(3)4)54(23-11-22-42)53-35-24-37(47-27-46-38-39(43-5)44-26-45-40(38)47)52-36(35)25-51-41(30-12-9-8-10-13-30,31-14-18-33(49-6)19-15-31)32-16-20-34(50-7)21-17-32/h8-10,12-21,26-29,35-37H,11,23-25H2,1-7H3,(H,43,44,45). The fourth-order valence-electron chi connectivity index (χ4n) is 7.30. The molecule has 1 saturated heterocycles. The summed E-state index contributed by atoms with van der Waals surface area (Å²) < 4.78 is 36.9. The fourth-order valence-corrected chi connectivity index (χ4v) is 9.60. The van der Waals surface area contributed by atoms with E-state index in [2.05, 4.69) is 70.8 Å². The number of ether oxygens (including phenoxy) is 4. The van der Waals surface area contributed by atoms with Gasteiger partial charge in [-0.25, -0.2) is 15.0 Å². The highest BCUT2D eigenvalue weighted by molar-refractivity contribution is 7.50. The van der Waals surface area contributed by atoms with E-state index in [-0.39, 0.29) is 24.8 Å². The molecule has 0 radical (unpaired) electrons. The Labute approximate surface area is 319 Å². The molecule has 13 heteroatoms. The quantitative estimate of drug-likeness (QED) is 0.0735. The monoisotopic (exact) mass is 751 g/mol. The second kappa shape index (κ2) is 17.7. The first-order chi connectivity index (χ1) is 26.2. The molecular formula is C41H50N7O5P. The van der Waals surface area contributed by atoms with E-state index < -0.39 is 26.2 Å². The van der Waals surface area contributed by atoms with Crippen molar-refractivity contribution in [1.82, 2.24) is 24.2 Å². The Hall–Kier alpha value is -4.63. The van der Waals surface area contributed by atoms with Gasteiger partial charge in [-0.3, -0.25) is 9.24 Å². The van der Waals surface area contributed by atoms with Crippen LogP contribution in [0.15, 0.2) is 91.5 Å². The minimum Gasteiger partial charge on any atom is -0.497 e. The first kappa shape index (κ1) is 39.1. The molecule has 1 aliphatic heterocycles. The fraction of sp³-hybridized carbons (Fsp3) is 0.415.